The Morgan fingerprint density at radius 1 is 1.07 bits per heavy atom. The van der Waals surface area contributed by atoms with E-state index in [9.17, 15) is 9.59 Å². The van der Waals surface area contributed by atoms with Gasteiger partial charge in [0.15, 0.2) is 5.78 Å². The highest BCUT2D eigenvalue weighted by molar-refractivity contribution is 6.06. The number of carbonyl (C=O) groups excluding carboxylic acids is 2. The van der Waals surface area contributed by atoms with Crippen LogP contribution in [0.2, 0.25) is 0 Å². The first-order chi connectivity index (χ1) is 13.0. The van der Waals surface area contributed by atoms with E-state index < -0.39 is 5.97 Å². The first-order valence-electron chi connectivity index (χ1n) is 9.00. The minimum atomic E-state index is -0.420. The van der Waals surface area contributed by atoms with E-state index in [2.05, 4.69) is 17.2 Å². The zero-order chi connectivity index (χ0) is 19.4. The van der Waals surface area contributed by atoms with Crippen LogP contribution in [0.4, 0.5) is 11.4 Å². The van der Waals surface area contributed by atoms with Gasteiger partial charge in [-0.1, -0.05) is 25.1 Å². The zero-order valence-corrected chi connectivity index (χ0v) is 15.7. The topological polar surface area (TPSA) is 68.3 Å². The third kappa shape index (κ3) is 3.82. The van der Waals surface area contributed by atoms with Gasteiger partial charge in [0, 0.05) is 22.8 Å². The largest absolute Gasteiger partial charge is 0.462 e. The predicted octanol–water partition coefficient (Wildman–Crippen LogP) is 4.92. The van der Waals surface area contributed by atoms with Crippen LogP contribution in [-0.2, 0) is 11.2 Å². The standard InChI is InChI=1S/C22H22N2O3/c1-4-15-7-6-8-18-20(15)23-13-19(22(26)27-5-2)21(18)24-17-11-9-16(10-12-17)14(3)25/h6-13H,4-5H2,1-3H3,(H,23,24). The van der Waals surface area contributed by atoms with Crippen molar-refractivity contribution in [3.63, 3.8) is 0 Å². The molecule has 2 aromatic carbocycles. The molecule has 5 nitrogen and oxygen atoms in total. The molecule has 0 radical (unpaired) electrons. The van der Waals surface area contributed by atoms with Crippen molar-refractivity contribution >= 4 is 34.0 Å². The summed E-state index contributed by atoms with van der Waals surface area (Å²) in [4.78, 5) is 28.4. The number of ether oxygens (including phenoxy) is 1. The van der Waals surface area contributed by atoms with Gasteiger partial charge >= 0.3 is 5.97 Å². The Hall–Kier alpha value is -3.21. The summed E-state index contributed by atoms with van der Waals surface area (Å²) >= 11 is 0. The van der Waals surface area contributed by atoms with E-state index in [-0.39, 0.29) is 5.78 Å². The number of benzene rings is 2. The molecule has 3 aromatic rings. The Morgan fingerprint density at radius 3 is 2.44 bits per heavy atom. The highest BCUT2D eigenvalue weighted by Gasteiger charge is 2.18. The number of hydrogen-bond acceptors (Lipinski definition) is 5. The Morgan fingerprint density at radius 2 is 1.81 bits per heavy atom. The number of carbonyl (C=O) groups is 2. The Kier molecular flexibility index (Phi) is 5.50. The molecule has 5 heteroatoms. The van der Waals surface area contributed by atoms with E-state index >= 15 is 0 Å². The number of Topliss-reactive ketones (excluding diaryl/α,β-unsaturated/α-hetero) is 1. The number of ketones is 1. The van der Waals surface area contributed by atoms with Gasteiger partial charge < -0.3 is 10.1 Å². The third-order valence-electron chi connectivity index (χ3n) is 4.42. The van der Waals surface area contributed by atoms with Crippen LogP contribution in [0.5, 0.6) is 0 Å². The lowest BCUT2D eigenvalue weighted by atomic mass is 10.0. The van der Waals surface area contributed by atoms with Crippen molar-refractivity contribution < 1.29 is 14.3 Å². The molecule has 0 atom stereocenters. The smallest absolute Gasteiger partial charge is 0.341 e. The molecule has 138 valence electrons. The molecular weight excluding hydrogens is 340 g/mol. The van der Waals surface area contributed by atoms with E-state index in [0.717, 1.165) is 28.6 Å². The fourth-order valence-electron chi connectivity index (χ4n) is 3.00. The van der Waals surface area contributed by atoms with E-state index in [1.54, 1.807) is 25.3 Å². The zero-order valence-electron chi connectivity index (χ0n) is 15.7. The molecule has 0 unspecified atom stereocenters. The number of aromatic nitrogens is 1. The number of nitrogens with zero attached hydrogens (tertiary/aromatic N) is 1. The van der Waals surface area contributed by atoms with Crippen LogP contribution in [0, 0.1) is 0 Å². The molecule has 0 spiro atoms. The summed E-state index contributed by atoms with van der Waals surface area (Å²) in [6.45, 7) is 5.67. The van der Waals surface area contributed by atoms with Crippen molar-refractivity contribution in [1.29, 1.82) is 0 Å². The highest BCUT2D eigenvalue weighted by atomic mass is 16.5. The number of anilines is 2. The van der Waals surface area contributed by atoms with E-state index in [1.807, 2.05) is 30.3 Å². The van der Waals surface area contributed by atoms with Crippen molar-refractivity contribution in [2.45, 2.75) is 27.2 Å². The molecular formula is C22H22N2O3. The minimum Gasteiger partial charge on any atom is -0.462 e. The molecule has 0 aliphatic rings. The third-order valence-corrected chi connectivity index (χ3v) is 4.42. The van der Waals surface area contributed by atoms with Gasteiger partial charge in [0.2, 0.25) is 0 Å². The second-order valence-electron chi connectivity index (χ2n) is 6.19. The number of hydrogen-bond donors (Lipinski definition) is 1. The van der Waals surface area contributed by atoms with Crippen LogP contribution < -0.4 is 5.32 Å². The van der Waals surface area contributed by atoms with Gasteiger partial charge in [-0.15, -0.1) is 0 Å². The van der Waals surface area contributed by atoms with Crippen LogP contribution in [0.15, 0.2) is 48.7 Å². The molecule has 0 saturated carbocycles. The van der Waals surface area contributed by atoms with Crippen molar-refractivity contribution in [3.05, 3.63) is 65.4 Å². The first kappa shape index (κ1) is 18.6. The summed E-state index contributed by atoms with van der Waals surface area (Å²) in [5.41, 5.74) is 4.42. The van der Waals surface area contributed by atoms with Crippen LogP contribution in [0.25, 0.3) is 10.9 Å². The fourth-order valence-corrected chi connectivity index (χ4v) is 3.00. The van der Waals surface area contributed by atoms with Gasteiger partial charge in [-0.3, -0.25) is 9.78 Å². The van der Waals surface area contributed by atoms with Crippen molar-refractivity contribution in [2.24, 2.45) is 0 Å². The summed E-state index contributed by atoms with van der Waals surface area (Å²) in [5, 5.41) is 4.18. The van der Waals surface area contributed by atoms with E-state index in [1.165, 1.54) is 6.92 Å². The lowest BCUT2D eigenvalue weighted by Crippen LogP contribution is -2.09. The van der Waals surface area contributed by atoms with E-state index in [4.69, 9.17) is 4.74 Å². The Labute approximate surface area is 158 Å². The van der Waals surface area contributed by atoms with E-state index in [0.29, 0.717) is 23.4 Å². The first-order valence-corrected chi connectivity index (χ1v) is 9.00. The summed E-state index contributed by atoms with van der Waals surface area (Å²) in [6.07, 6.45) is 2.40. The maximum Gasteiger partial charge on any atom is 0.341 e. The van der Waals surface area contributed by atoms with Gasteiger partial charge in [-0.05, 0) is 50.1 Å². The van der Waals surface area contributed by atoms with Gasteiger partial charge in [0.1, 0.15) is 5.56 Å². The second-order valence-corrected chi connectivity index (χ2v) is 6.19. The van der Waals surface area contributed by atoms with Gasteiger partial charge in [-0.25, -0.2) is 4.79 Å². The van der Waals surface area contributed by atoms with Crippen molar-refractivity contribution in [1.82, 2.24) is 4.98 Å². The molecule has 27 heavy (non-hydrogen) atoms. The van der Waals surface area contributed by atoms with Crippen LogP contribution in [0.3, 0.4) is 0 Å². The maximum absolute atomic E-state index is 12.5. The number of rotatable bonds is 6. The summed E-state index contributed by atoms with van der Waals surface area (Å²) in [7, 11) is 0. The van der Waals surface area contributed by atoms with Crippen LogP contribution in [0.1, 0.15) is 47.1 Å². The molecule has 1 aromatic heterocycles. The SMILES string of the molecule is CCOC(=O)c1cnc2c(CC)cccc2c1Nc1ccc(C(C)=O)cc1. The minimum absolute atomic E-state index is 0.00992. The summed E-state index contributed by atoms with van der Waals surface area (Å²) in [5.74, 6) is -0.410. The van der Waals surface area contributed by atoms with Crippen molar-refractivity contribution in [3.8, 4) is 0 Å². The molecule has 0 aliphatic carbocycles. The molecule has 0 fully saturated rings. The Balaban J connectivity index is 2.13. The second kappa shape index (κ2) is 7.99. The fraction of sp³-hybridized carbons (Fsp3) is 0.227. The van der Waals surface area contributed by atoms with Crippen LogP contribution >= 0.6 is 0 Å². The lowest BCUT2D eigenvalue weighted by Gasteiger charge is -2.15. The summed E-state index contributed by atoms with van der Waals surface area (Å²) in [6, 6.07) is 13.1. The lowest BCUT2D eigenvalue weighted by molar-refractivity contribution is 0.0527. The highest BCUT2D eigenvalue weighted by Crippen LogP contribution is 2.31. The molecule has 1 heterocycles. The number of fused-ring (bicyclic) bond motifs is 1. The van der Waals surface area contributed by atoms with Gasteiger partial charge in [-0.2, -0.15) is 0 Å². The molecule has 0 amide bonds. The number of esters is 1. The number of pyridine rings is 1. The molecule has 3 rings (SSSR count). The van der Waals surface area contributed by atoms with Crippen LogP contribution in [-0.4, -0.2) is 23.3 Å². The van der Waals surface area contributed by atoms with Gasteiger partial charge in [0.25, 0.3) is 0 Å². The van der Waals surface area contributed by atoms with Gasteiger partial charge in [0.05, 0.1) is 17.8 Å². The monoisotopic (exact) mass is 362 g/mol. The van der Waals surface area contributed by atoms with Crippen molar-refractivity contribution in [2.75, 3.05) is 11.9 Å². The predicted molar refractivity (Wildman–Crippen MR) is 107 cm³/mol. The quantitative estimate of drug-likeness (QED) is 0.498. The average Bonchev–Trinajstić information content (AvgIpc) is 2.68. The Bertz CT molecular complexity index is 994. The number of para-hydroxylation sites is 1. The molecule has 0 saturated heterocycles. The average molecular weight is 362 g/mol. The normalized spacial score (nSPS) is 10.6. The molecule has 0 bridgehead atoms. The molecule has 1 N–H and O–H groups in total. The maximum atomic E-state index is 12.5. The molecule has 0 aliphatic heterocycles. The number of nitrogens with one attached hydrogen (secondary N) is 1. The number of aryl methyl sites for hydroxylation is 1. The summed E-state index contributed by atoms with van der Waals surface area (Å²) < 4.78 is 5.20.